The van der Waals surface area contributed by atoms with Gasteiger partial charge in [-0.3, -0.25) is 4.79 Å². The molecular weight excluding hydrogens is 743 g/mol. The lowest BCUT2D eigenvalue weighted by Gasteiger charge is -2.17. The zero-order valence-corrected chi connectivity index (χ0v) is 33.3. The van der Waals surface area contributed by atoms with E-state index in [0.717, 1.165) is 110 Å². The van der Waals surface area contributed by atoms with Crippen molar-refractivity contribution in [2.24, 2.45) is 0 Å². The number of aromatic hydroxyl groups is 1. The maximum Gasteiger partial charge on any atom is 0.167 e. The second kappa shape index (κ2) is 17.2. The number of aromatic nitrogens is 2. The summed E-state index contributed by atoms with van der Waals surface area (Å²) in [5.74, 6) is 1.82. The molecule has 0 radical (unpaired) electrons. The zero-order chi connectivity index (χ0) is 40.8. The SMILES string of the molecule is COc1ccc(-c2ccc(-c3cccc(CC(=O)c4ccc(-c5ccc(-c6ccccc6)nc5-c5ccc(O)cc5)cc4)c3)nc2-c2ccc(ON3CCCC3)cc2)cc1. The molecule has 1 aliphatic rings. The number of ketones is 1. The Hall–Kier alpha value is -7.35. The summed E-state index contributed by atoms with van der Waals surface area (Å²) < 4.78 is 5.43. The average molecular weight is 786 g/mol. The highest BCUT2D eigenvalue weighted by Crippen LogP contribution is 2.37. The van der Waals surface area contributed by atoms with E-state index < -0.39 is 0 Å². The fourth-order valence-electron chi connectivity index (χ4n) is 7.71. The number of benzene rings is 6. The number of pyridine rings is 2. The molecule has 60 heavy (non-hydrogen) atoms. The molecule has 0 atom stereocenters. The molecule has 1 N–H and O–H groups in total. The van der Waals surface area contributed by atoms with Crippen LogP contribution in [0.1, 0.15) is 28.8 Å². The highest BCUT2D eigenvalue weighted by atomic mass is 16.7. The van der Waals surface area contributed by atoms with E-state index in [1.807, 2.05) is 126 Å². The largest absolute Gasteiger partial charge is 0.508 e. The van der Waals surface area contributed by atoms with Crippen LogP contribution in [0, 0.1) is 0 Å². The minimum atomic E-state index is 0.0229. The van der Waals surface area contributed by atoms with Crippen LogP contribution in [-0.4, -0.2) is 46.1 Å². The number of hydrogen-bond acceptors (Lipinski definition) is 7. The number of phenolic OH excluding ortho intramolecular Hbond substituents is 1. The highest BCUT2D eigenvalue weighted by molar-refractivity contribution is 5.98. The third kappa shape index (κ3) is 8.44. The van der Waals surface area contributed by atoms with Gasteiger partial charge >= 0.3 is 0 Å². The first-order chi connectivity index (χ1) is 29.5. The lowest BCUT2D eigenvalue weighted by Crippen LogP contribution is -2.23. The third-order valence-electron chi connectivity index (χ3n) is 10.9. The highest BCUT2D eigenvalue weighted by Gasteiger charge is 2.17. The molecule has 0 amide bonds. The van der Waals surface area contributed by atoms with Crippen molar-refractivity contribution >= 4 is 5.78 Å². The van der Waals surface area contributed by atoms with Gasteiger partial charge in [0, 0.05) is 58.5 Å². The van der Waals surface area contributed by atoms with Crippen molar-refractivity contribution in [3.63, 3.8) is 0 Å². The molecule has 9 rings (SSSR count). The van der Waals surface area contributed by atoms with Crippen LogP contribution in [0.15, 0.2) is 176 Å². The number of methoxy groups -OCH3 is 1. The first kappa shape index (κ1) is 38.2. The molecular formula is C53H43N3O4. The molecule has 7 nitrogen and oxygen atoms in total. The van der Waals surface area contributed by atoms with Gasteiger partial charge in [-0.15, -0.1) is 5.06 Å². The van der Waals surface area contributed by atoms with Crippen molar-refractivity contribution in [1.82, 2.24) is 15.0 Å². The van der Waals surface area contributed by atoms with E-state index >= 15 is 0 Å². The molecule has 2 aromatic heterocycles. The zero-order valence-electron chi connectivity index (χ0n) is 33.3. The van der Waals surface area contributed by atoms with Crippen LogP contribution in [0.4, 0.5) is 0 Å². The lowest BCUT2D eigenvalue weighted by atomic mass is 9.95. The van der Waals surface area contributed by atoms with Crippen LogP contribution in [0.2, 0.25) is 0 Å². The van der Waals surface area contributed by atoms with Gasteiger partial charge in [0.15, 0.2) is 5.78 Å². The molecule has 294 valence electrons. The Kier molecular flexibility index (Phi) is 11.0. The Balaban J connectivity index is 0.972. The molecule has 6 aromatic carbocycles. The predicted octanol–water partition coefficient (Wildman–Crippen LogP) is 12.0. The monoisotopic (exact) mass is 785 g/mol. The molecule has 1 saturated heterocycles. The molecule has 0 bridgehead atoms. The first-order valence-corrected chi connectivity index (χ1v) is 20.2. The van der Waals surface area contributed by atoms with E-state index in [1.54, 1.807) is 19.2 Å². The predicted molar refractivity (Wildman–Crippen MR) is 239 cm³/mol. The summed E-state index contributed by atoms with van der Waals surface area (Å²) in [7, 11) is 1.67. The van der Waals surface area contributed by atoms with E-state index in [-0.39, 0.29) is 18.0 Å². The fraction of sp³-hybridized carbons (Fsp3) is 0.113. The lowest BCUT2D eigenvalue weighted by molar-refractivity contribution is -0.0346. The Morgan fingerprint density at radius 2 is 1.08 bits per heavy atom. The van der Waals surface area contributed by atoms with Gasteiger partial charge in [-0.25, -0.2) is 9.97 Å². The van der Waals surface area contributed by atoms with Gasteiger partial charge < -0.3 is 14.7 Å². The number of phenols is 1. The van der Waals surface area contributed by atoms with E-state index in [9.17, 15) is 9.90 Å². The quantitative estimate of drug-likeness (QED) is 0.123. The summed E-state index contributed by atoms with van der Waals surface area (Å²) in [5, 5.41) is 12.0. The number of rotatable bonds is 12. The van der Waals surface area contributed by atoms with Gasteiger partial charge in [0.05, 0.1) is 29.9 Å². The average Bonchev–Trinajstić information content (AvgIpc) is 3.83. The maximum atomic E-state index is 13.8. The summed E-state index contributed by atoms with van der Waals surface area (Å²) in [6.45, 7) is 1.88. The van der Waals surface area contributed by atoms with E-state index in [1.165, 1.54) is 0 Å². The second-order valence-electron chi connectivity index (χ2n) is 15.0. The van der Waals surface area contributed by atoms with Gasteiger partial charge in [0.1, 0.15) is 17.2 Å². The molecule has 3 heterocycles. The summed E-state index contributed by atoms with van der Waals surface area (Å²) in [4.78, 5) is 30.2. The van der Waals surface area contributed by atoms with Crippen LogP contribution in [-0.2, 0) is 6.42 Å². The molecule has 7 heteroatoms. The fourth-order valence-corrected chi connectivity index (χ4v) is 7.71. The first-order valence-electron chi connectivity index (χ1n) is 20.2. The summed E-state index contributed by atoms with van der Waals surface area (Å²) in [6.07, 6.45) is 2.54. The number of hydrogen-bond donors (Lipinski definition) is 1. The smallest absolute Gasteiger partial charge is 0.167 e. The van der Waals surface area contributed by atoms with Crippen molar-refractivity contribution < 1.29 is 19.5 Å². The molecule has 1 fully saturated rings. The molecule has 8 aromatic rings. The van der Waals surface area contributed by atoms with Crippen LogP contribution in [0.25, 0.3) is 67.3 Å². The standard InChI is InChI=1S/C53H43N3O4/c1-59-45-24-18-38(19-25-45)48-29-31-50(55-53(48)42-20-26-46(27-21-42)60-56-32-5-6-33-56)43-11-7-8-36(34-43)35-51(58)40-14-12-37(13-15-40)47-28-30-49(39-9-3-2-4-10-39)54-52(47)41-16-22-44(57)23-17-41/h2-4,7-31,34,57H,5-6,32-33,35H2,1H3. The van der Waals surface area contributed by atoms with Crippen molar-refractivity contribution in [2.45, 2.75) is 19.3 Å². The maximum absolute atomic E-state index is 13.8. The second-order valence-corrected chi connectivity index (χ2v) is 15.0. The van der Waals surface area contributed by atoms with Crippen LogP contribution >= 0.6 is 0 Å². The molecule has 0 unspecified atom stereocenters. The van der Waals surface area contributed by atoms with Gasteiger partial charge in [-0.2, -0.15) is 0 Å². The topological polar surface area (TPSA) is 84.8 Å². The number of ether oxygens (including phenoxy) is 1. The minimum Gasteiger partial charge on any atom is -0.508 e. The summed E-state index contributed by atoms with van der Waals surface area (Å²) in [5.41, 5.74) is 12.6. The van der Waals surface area contributed by atoms with Crippen LogP contribution in [0.5, 0.6) is 17.2 Å². The van der Waals surface area contributed by atoms with E-state index in [0.29, 0.717) is 5.56 Å². The van der Waals surface area contributed by atoms with Crippen molar-refractivity contribution in [2.75, 3.05) is 20.2 Å². The normalized spacial score (nSPS) is 12.6. The van der Waals surface area contributed by atoms with Gasteiger partial charge in [-0.05, 0) is 108 Å². The molecule has 0 saturated carbocycles. The Morgan fingerprint density at radius 1 is 0.550 bits per heavy atom. The number of Topliss-reactive ketones (excluding diaryl/α,β-unsaturated/α-hetero) is 1. The summed E-state index contributed by atoms with van der Waals surface area (Å²) in [6, 6.07) is 57.4. The third-order valence-corrected chi connectivity index (χ3v) is 10.9. The van der Waals surface area contributed by atoms with Crippen LogP contribution in [0.3, 0.4) is 0 Å². The molecule has 0 aliphatic carbocycles. The minimum absolute atomic E-state index is 0.0229. The van der Waals surface area contributed by atoms with E-state index in [4.69, 9.17) is 19.5 Å². The van der Waals surface area contributed by atoms with Crippen molar-refractivity contribution in [3.8, 4) is 84.5 Å². The van der Waals surface area contributed by atoms with Crippen molar-refractivity contribution in [1.29, 1.82) is 0 Å². The molecule has 1 aliphatic heterocycles. The van der Waals surface area contributed by atoms with Crippen molar-refractivity contribution in [3.05, 3.63) is 187 Å². The van der Waals surface area contributed by atoms with Gasteiger partial charge in [0.25, 0.3) is 0 Å². The Morgan fingerprint density at radius 3 is 1.70 bits per heavy atom. The number of hydroxylamine groups is 2. The number of nitrogens with zero attached hydrogens (tertiary/aromatic N) is 3. The number of carbonyl (C=O) groups is 1. The van der Waals surface area contributed by atoms with E-state index in [2.05, 4.69) is 42.5 Å². The van der Waals surface area contributed by atoms with Crippen LogP contribution < -0.4 is 9.57 Å². The Bertz CT molecular complexity index is 2740. The van der Waals surface area contributed by atoms with Gasteiger partial charge in [0.2, 0.25) is 0 Å². The molecule has 0 spiro atoms. The Labute approximate surface area is 350 Å². The van der Waals surface area contributed by atoms with Gasteiger partial charge in [-0.1, -0.05) is 97.1 Å². The number of carbonyl (C=O) groups excluding carboxylic acids is 1. The summed E-state index contributed by atoms with van der Waals surface area (Å²) >= 11 is 0.